The minimum absolute atomic E-state index is 0.000654. The zero-order valence-corrected chi connectivity index (χ0v) is 15.2. The Labute approximate surface area is 154 Å². The van der Waals surface area contributed by atoms with Crippen molar-refractivity contribution in [1.29, 1.82) is 0 Å². The predicted octanol–water partition coefficient (Wildman–Crippen LogP) is 3.77. The van der Waals surface area contributed by atoms with Gasteiger partial charge in [0.05, 0.1) is 5.75 Å². The van der Waals surface area contributed by atoms with Gasteiger partial charge in [-0.15, -0.1) is 23.0 Å². The van der Waals surface area contributed by atoms with E-state index in [1.165, 1.54) is 16.6 Å². The van der Waals surface area contributed by atoms with Crippen molar-refractivity contribution in [2.75, 3.05) is 17.2 Å². The van der Waals surface area contributed by atoms with Crippen LogP contribution in [-0.2, 0) is 11.2 Å². The van der Waals surface area contributed by atoms with Gasteiger partial charge in [-0.25, -0.2) is 4.98 Å². The predicted molar refractivity (Wildman–Crippen MR) is 103 cm³/mol. The first kappa shape index (κ1) is 17.4. The SMILES string of the molecule is C=CCN(C(=O)CSc1n[nH]c(Cc2cccs2)n1)c1ccccc1. The van der Waals surface area contributed by atoms with E-state index in [2.05, 4.69) is 27.8 Å². The first-order valence-corrected chi connectivity index (χ1v) is 9.65. The number of hydrogen-bond acceptors (Lipinski definition) is 5. The summed E-state index contributed by atoms with van der Waals surface area (Å²) in [5, 5.41) is 9.75. The topological polar surface area (TPSA) is 61.9 Å². The number of amides is 1. The van der Waals surface area contributed by atoms with Crippen LogP contribution in [0.25, 0.3) is 0 Å². The molecule has 0 fully saturated rings. The van der Waals surface area contributed by atoms with Crippen LogP contribution in [0.15, 0.2) is 65.7 Å². The monoisotopic (exact) mass is 370 g/mol. The van der Waals surface area contributed by atoms with Crippen molar-refractivity contribution in [3.05, 3.63) is 71.2 Å². The van der Waals surface area contributed by atoms with E-state index in [1.54, 1.807) is 22.3 Å². The molecule has 0 aliphatic carbocycles. The Morgan fingerprint density at radius 2 is 2.12 bits per heavy atom. The Kier molecular flexibility index (Phi) is 6.03. The van der Waals surface area contributed by atoms with E-state index in [0.29, 0.717) is 11.7 Å². The summed E-state index contributed by atoms with van der Waals surface area (Å²) in [5.74, 6) is 1.09. The molecule has 1 N–H and O–H groups in total. The number of benzene rings is 1. The van der Waals surface area contributed by atoms with Gasteiger partial charge in [-0.1, -0.05) is 42.1 Å². The van der Waals surface area contributed by atoms with Gasteiger partial charge in [-0.3, -0.25) is 9.89 Å². The Balaban J connectivity index is 1.59. The zero-order chi connectivity index (χ0) is 17.5. The normalized spacial score (nSPS) is 10.6. The number of anilines is 1. The molecule has 0 unspecified atom stereocenters. The molecule has 0 spiro atoms. The van der Waals surface area contributed by atoms with Crippen molar-refractivity contribution in [2.45, 2.75) is 11.6 Å². The molecule has 7 heteroatoms. The maximum absolute atomic E-state index is 12.6. The van der Waals surface area contributed by atoms with Crippen LogP contribution in [0.4, 0.5) is 5.69 Å². The fraction of sp³-hybridized carbons (Fsp3) is 0.167. The molecule has 1 amide bonds. The number of thiophene rings is 1. The van der Waals surface area contributed by atoms with E-state index in [-0.39, 0.29) is 11.7 Å². The molecule has 3 aromatic rings. The van der Waals surface area contributed by atoms with Gasteiger partial charge in [0.2, 0.25) is 11.1 Å². The maximum Gasteiger partial charge on any atom is 0.237 e. The van der Waals surface area contributed by atoms with E-state index in [4.69, 9.17) is 0 Å². The number of rotatable bonds is 8. The van der Waals surface area contributed by atoms with Crippen LogP contribution in [0, 0.1) is 0 Å². The van der Waals surface area contributed by atoms with Crippen molar-refractivity contribution in [3.63, 3.8) is 0 Å². The van der Waals surface area contributed by atoms with Crippen molar-refractivity contribution in [3.8, 4) is 0 Å². The van der Waals surface area contributed by atoms with Gasteiger partial charge in [-0.05, 0) is 23.6 Å². The minimum atomic E-state index is 0.000654. The summed E-state index contributed by atoms with van der Waals surface area (Å²) in [6, 6.07) is 13.7. The molecule has 25 heavy (non-hydrogen) atoms. The number of carbonyl (C=O) groups excluding carboxylic acids is 1. The van der Waals surface area contributed by atoms with Gasteiger partial charge >= 0.3 is 0 Å². The van der Waals surface area contributed by atoms with E-state index in [0.717, 1.165) is 17.9 Å². The molecule has 5 nitrogen and oxygen atoms in total. The average Bonchev–Trinajstić information content (AvgIpc) is 3.31. The Bertz CT molecular complexity index is 815. The molecule has 0 saturated heterocycles. The highest BCUT2D eigenvalue weighted by Crippen LogP contribution is 2.19. The van der Waals surface area contributed by atoms with Gasteiger partial charge in [0.15, 0.2) is 0 Å². The number of aromatic amines is 1. The molecule has 1 aromatic carbocycles. The van der Waals surface area contributed by atoms with Crippen molar-refractivity contribution in [2.24, 2.45) is 0 Å². The number of hydrogen-bond donors (Lipinski definition) is 1. The molecule has 0 aliphatic heterocycles. The summed E-state index contributed by atoms with van der Waals surface area (Å²) < 4.78 is 0. The molecule has 3 rings (SSSR count). The third-order valence-corrected chi connectivity index (χ3v) is 5.15. The second-order valence-electron chi connectivity index (χ2n) is 5.24. The molecular weight excluding hydrogens is 352 g/mol. The number of aromatic nitrogens is 3. The highest BCUT2D eigenvalue weighted by Gasteiger charge is 2.16. The maximum atomic E-state index is 12.6. The van der Waals surface area contributed by atoms with Gasteiger partial charge in [0.1, 0.15) is 5.82 Å². The lowest BCUT2D eigenvalue weighted by molar-refractivity contribution is -0.116. The number of H-pyrrole nitrogens is 1. The number of carbonyl (C=O) groups is 1. The Morgan fingerprint density at radius 3 is 2.84 bits per heavy atom. The fourth-order valence-corrected chi connectivity index (χ4v) is 3.69. The van der Waals surface area contributed by atoms with Gasteiger partial charge < -0.3 is 4.90 Å². The number of para-hydroxylation sites is 1. The van der Waals surface area contributed by atoms with Crippen LogP contribution < -0.4 is 4.90 Å². The lowest BCUT2D eigenvalue weighted by atomic mass is 10.3. The lowest BCUT2D eigenvalue weighted by Gasteiger charge is -2.20. The summed E-state index contributed by atoms with van der Waals surface area (Å²) in [5.41, 5.74) is 0.862. The molecule has 2 aromatic heterocycles. The molecule has 2 heterocycles. The highest BCUT2D eigenvalue weighted by atomic mass is 32.2. The van der Waals surface area contributed by atoms with Crippen molar-refractivity contribution >= 4 is 34.7 Å². The number of nitrogens with one attached hydrogen (secondary N) is 1. The molecule has 0 saturated carbocycles. The Hall–Kier alpha value is -2.38. The molecule has 0 radical (unpaired) electrons. The molecule has 128 valence electrons. The quantitative estimate of drug-likeness (QED) is 0.484. The van der Waals surface area contributed by atoms with E-state index >= 15 is 0 Å². The van der Waals surface area contributed by atoms with Gasteiger partial charge in [0, 0.05) is 23.5 Å². The Morgan fingerprint density at radius 1 is 1.28 bits per heavy atom. The van der Waals surface area contributed by atoms with Crippen LogP contribution in [0.3, 0.4) is 0 Å². The standard InChI is InChI=1S/C18H18N4OS2/c1-2-10-22(14-7-4-3-5-8-14)17(23)13-25-18-19-16(20-21-18)12-15-9-6-11-24-15/h2-9,11H,1,10,12-13H2,(H,19,20,21). The first-order valence-electron chi connectivity index (χ1n) is 7.79. The summed E-state index contributed by atoms with van der Waals surface area (Å²) >= 11 is 3.02. The average molecular weight is 371 g/mol. The van der Waals surface area contributed by atoms with E-state index in [1.807, 2.05) is 41.8 Å². The number of nitrogens with zero attached hydrogens (tertiary/aromatic N) is 3. The second kappa shape index (κ2) is 8.64. The third-order valence-electron chi connectivity index (χ3n) is 3.44. The van der Waals surface area contributed by atoms with Crippen molar-refractivity contribution < 1.29 is 4.79 Å². The van der Waals surface area contributed by atoms with E-state index in [9.17, 15) is 4.79 Å². The first-order chi connectivity index (χ1) is 12.3. The number of thioether (sulfide) groups is 1. The summed E-state index contributed by atoms with van der Waals surface area (Å²) in [7, 11) is 0. The van der Waals surface area contributed by atoms with Crippen LogP contribution >= 0.6 is 23.1 Å². The fourth-order valence-electron chi connectivity index (χ4n) is 2.29. The van der Waals surface area contributed by atoms with E-state index < -0.39 is 0 Å². The zero-order valence-electron chi connectivity index (χ0n) is 13.6. The molecule has 0 atom stereocenters. The van der Waals surface area contributed by atoms with Crippen LogP contribution in [0.1, 0.15) is 10.7 Å². The molecule has 0 aliphatic rings. The molecular formula is C18H18N4OS2. The smallest absolute Gasteiger partial charge is 0.237 e. The lowest BCUT2D eigenvalue weighted by Crippen LogP contribution is -2.32. The van der Waals surface area contributed by atoms with Crippen LogP contribution in [0.2, 0.25) is 0 Å². The minimum Gasteiger partial charge on any atom is -0.308 e. The largest absolute Gasteiger partial charge is 0.308 e. The van der Waals surface area contributed by atoms with Gasteiger partial charge in [-0.2, -0.15) is 0 Å². The molecule has 0 bridgehead atoms. The highest BCUT2D eigenvalue weighted by molar-refractivity contribution is 7.99. The summed E-state index contributed by atoms with van der Waals surface area (Å²) in [6.45, 7) is 4.21. The summed E-state index contributed by atoms with van der Waals surface area (Å²) in [4.78, 5) is 19.9. The van der Waals surface area contributed by atoms with Crippen molar-refractivity contribution in [1.82, 2.24) is 15.2 Å². The van der Waals surface area contributed by atoms with Crippen LogP contribution in [-0.4, -0.2) is 33.4 Å². The van der Waals surface area contributed by atoms with Gasteiger partial charge in [0.25, 0.3) is 0 Å². The third kappa shape index (κ3) is 4.80. The van der Waals surface area contributed by atoms with Crippen LogP contribution in [0.5, 0.6) is 0 Å². The summed E-state index contributed by atoms with van der Waals surface area (Å²) in [6.07, 6.45) is 2.45. The second-order valence-corrected chi connectivity index (χ2v) is 7.21.